The van der Waals surface area contributed by atoms with E-state index in [1.54, 1.807) is 0 Å². The second-order valence-electron chi connectivity index (χ2n) is 5.48. The Morgan fingerprint density at radius 3 is 2.31 bits per heavy atom. The highest BCUT2D eigenvalue weighted by Crippen LogP contribution is 2.42. The molecule has 0 N–H and O–H groups in total. The lowest BCUT2D eigenvalue weighted by molar-refractivity contribution is 0.00563. The van der Waals surface area contributed by atoms with Crippen LogP contribution in [0.3, 0.4) is 0 Å². The van der Waals surface area contributed by atoms with Crippen molar-refractivity contribution in [1.82, 2.24) is 4.90 Å². The summed E-state index contributed by atoms with van der Waals surface area (Å²) in [6.07, 6.45) is 3.15. The molecule has 0 aromatic carbocycles. The Balaban J connectivity index is 2.03. The summed E-state index contributed by atoms with van der Waals surface area (Å²) < 4.78 is 5.48. The van der Waals surface area contributed by atoms with Crippen LogP contribution in [0.1, 0.15) is 33.6 Å². The quantitative estimate of drug-likeness (QED) is 0.615. The summed E-state index contributed by atoms with van der Waals surface area (Å²) in [5.74, 6) is 0.800. The largest absolute Gasteiger partial charge is 0.381 e. The van der Waals surface area contributed by atoms with Gasteiger partial charge in [-0.05, 0) is 39.5 Å². The number of hydrogen-bond donors (Lipinski definition) is 0. The molecule has 0 amide bonds. The average Bonchev–Trinajstić information content (AvgIpc) is 2.59. The van der Waals surface area contributed by atoms with Gasteiger partial charge < -0.3 is 4.74 Å². The van der Waals surface area contributed by atoms with Crippen molar-refractivity contribution < 1.29 is 4.74 Å². The molecule has 2 fully saturated rings. The molecule has 2 heteroatoms. The van der Waals surface area contributed by atoms with Gasteiger partial charge in [0.1, 0.15) is 0 Å². The van der Waals surface area contributed by atoms with Crippen LogP contribution in [0.2, 0.25) is 0 Å². The molecule has 1 aliphatic carbocycles. The minimum Gasteiger partial charge on any atom is -0.381 e. The van der Waals surface area contributed by atoms with Gasteiger partial charge in [0.05, 0.1) is 6.10 Å². The fourth-order valence-electron chi connectivity index (χ4n) is 3.02. The van der Waals surface area contributed by atoms with Crippen molar-refractivity contribution in [3.05, 3.63) is 0 Å². The van der Waals surface area contributed by atoms with Crippen LogP contribution in [0, 0.1) is 5.92 Å². The Morgan fingerprint density at radius 2 is 1.92 bits per heavy atom. The Kier molecular flexibility index (Phi) is 2.16. The summed E-state index contributed by atoms with van der Waals surface area (Å²) in [5, 5.41) is 0. The fourth-order valence-corrected chi connectivity index (χ4v) is 3.02. The lowest BCUT2D eigenvalue weighted by Gasteiger charge is -2.40. The van der Waals surface area contributed by atoms with Gasteiger partial charge in [0, 0.05) is 25.2 Å². The molecule has 1 saturated carbocycles. The predicted octanol–water partition coefficient (Wildman–Crippen LogP) is 1.89. The number of ether oxygens (including phenoxy) is 1. The van der Waals surface area contributed by atoms with Crippen LogP contribution < -0.4 is 0 Å². The third-order valence-corrected chi connectivity index (χ3v) is 3.64. The van der Waals surface area contributed by atoms with Gasteiger partial charge in [-0.1, -0.05) is 0 Å². The number of fused-ring (bicyclic) bond motifs is 2. The van der Waals surface area contributed by atoms with Crippen LogP contribution in [0.4, 0.5) is 0 Å². The second-order valence-corrected chi connectivity index (χ2v) is 5.48. The first-order valence-electron chi connectivity index (χ1n) is 5.32. The molecule has 76 valence electrons. The van der Waals surface area contributed by atoms with Crippen LogP contribution in [-0.4, -0.2) is 36.2 Å². The highest BCUT2D eigenvalue weighted by Gasteiger charge is 2.47. The second kappa shape index (κ2) is 2.96. The molecule has 3 atom stereocenters. The van der Waals surface area contributed by atoms with E-state index in [4.69, 9.17) is 4.74 Å². The molecule has 3 unspecified atom stereocenters. The van der Waals surface area contributed by atoms with Gasteiger partial charge in [-0.2, -0.15) is 0 Å². The third-order valence-electron chi connectivity index (χ3n) is 3.64. The number of rotatable bonds is 1. The monoisotopic (exact) mass is 183 g/mol. The van der Waals surface area contributed by atoms with E-state index in [1.165, 1.54) is 19.4 Å². The molecule has 2 rings (SSSR count). The molecule has 2 bridgehead atoms. The molecule has 13 heavy (non-hydrogen) atoms. The van der Waals surface area contributed by atoms with Gasteiger partial charge in [0.25, 0.3) is 0 Å². The number of hydrogen-bond acceptors (Lipinski definition) is 2. The topological polar surface area (TPSA) is 12.5 Å². The van der Waals surface area contributed by atoms with Gasteiger partial charge in [-0.3, -0.25) is 4.90 Å². The summed E-state index contributed by atoms with van der Waals surface area (Å²) in [7, 11) is 1.85. The zero-order valence-electron chi connectivity index (χ0n) is 9.21. The molecule has 2 nitrogen and oxygen atoms in total. The third kappa shape index (κ3) is 1.50. The standard InChI is InChI=1S/C11H21NO/c1-11(2,3)12-7-8-5-9(12)6-10(8)13-4/h8-10H,5-7H2,1-4H3. The predicted molar refractivity (Wildman–Crippen MR) is 53.8 cm³/mol. The average molecular weight is 183 g/mol. The number of piperidine rings is 1. The molecular weight excluding hydrogens is 162 g/mol. The molecule has 1 aliphatic heterocycles. The zero-order valence-corrected chi connectivity index (χ0v) is 9.21. The first-order chi connectivity index (χ1) is 6.02. The van der Waals surface area contributed by atoms with Gasteiger partial charge in [-0.15, -0.1) is 0 Å². The van der Waals surface area contributed by atoms with E-state index in [9.17, 15) is 0 Å². The maximum Gasteiger partial charge on any atom is 0.0627 e. The summed E-state index contributed by atoms with van der Waals surface area (Å²) in [4.78, 5) is 2.65. The van der Waals surface area contributed by atoms with Crippen LogP contribution >= 0.6 is 0 Å². The molecule has 0 aromatic rings. The first-order valence-corrected chi connectivity index (χ1v) is 5.32. The molecular formula is C11H21NO. The molecule has 2 aliphatic rings. The van der Waals surface area contributed by atoms with Gasteiger partial charge in [0.15, 0.2) is 0 Å². The van der Waals surface area contributed by atoms with Crippen molar-refractivity contribution in [3.63, 3.8) is 0 Å². The Bertz CT molecular complexity index is 197. The minimum absolute atomic E-state index is 0.345. The van der Waals surface area contributed by atoms with Crippen molar-refractivity contribution >= 4 is 0 Å². The van der Waals surface area contributed by atoms with Crippen molar-refractivity contribution in [3.8, 4) is 0 Å². The van der Waals surface area contributed by atoms with Crippen LogP contribution in [-0.2, 0) is 4.74 Å². The molecule has 0 radical (unpaired) electrons. The van der Waals surface area contributed by atoms with E-state index >= 15 is 0 Å². The number of likely N-dealkylation sites (tertiary alicyclic amines) is 1. The minimum atomic E-state index is 0.345. The molecule has 0 aromatic heterocycles. The number of methoxy groups -OCH3 is 1. The Morgan fingerprint density at radius 1 is 1.23 bits per heavy atom. The van der Waals surface area contributed by atoms with E-state index in [0.29, 0.717) is 11.6 Å². The highest BCUT2D eigenvalue weighted by atomic mass is 16.5. The smallest absolute Gasteiger partial charge is 0.0627 e. The normalized spacial score (nSPS) is 40.2. The lowest BCUT2D eigenvalue weighted by atomic mass is 9.99. The summed E-state index contributed by atoms with van der Waals surface area (Å²) >= 11 is 0. The lowest BCUT2D eigenvalue weighted by Crippen LogP contribution is -2.48. The maximum atomic E-state index is 5.48. The van der Waals surface area contributed by atoms with Crippen molar-refractivity contribution in [2.75, 3.05) is 13.7 Å². The van der Waals surface area contributed by atoms with Gasteiger partial charge in [0.2, 0.25) is 0 Å². The van der Waals surface area contributed by atoms with E-state index in [2.05, 4.69) is 25.7 Å². The maximum absolute atomic E-state index is 5.48. The van der Waals surface area contributed by atoms with Gasteiger partial charge in [-0.25, -0.2) is 0 Å². The Hall–Kier alpha value is -0.0800. The zero-order chi connectivity index (χ0) is 9.64. The molecule has 0 spiro atoms. The fraction of sp³-hybridized carbons (Fsp3) is 1.00. The van der Waals surface area contributed by atoms with Gasteiger partial charge >= 0.3 is 0 Å². The van der Waals surface area contributed by atoms with Crippen LogP contribution in [0.25, 0.3) is 0 Å². The summed E-state index contributed by atoms with van der Waals surface area (Å²) in [6.45, 7) is 8.19. The molecule has 1 heterocycles. The SMILES string of the molecule is COC1CC2CC1CN2C(C)(C)C. The molecule has 1 saturated heterocycles. The summed E-state index contributed by atoms with van der Waals surface area (Å²) in [5.41, 5.74) is 0.345. The van der Waals surface area contributed by atoms with E-state index in [-0.39, 0.29) is 0 Å². The van der Waals surface area contributed by atoms with E-state index in [0.717, 1.165) is 12.0 Å². The van der Waals surface area contributed by atoms with E-state index < -0.39 is 0 Å². The van der Waals surface area contributed by atoms with Crippen molar-refractivity contribution in [1.29, 1.82) is 0 Å². The van der Waals surface area contributed by atoms with E-state index in [1.807, 2.05) is 7.11 Å². The highest BCUT2D eigenvalue weighted by molar-refractivity contribution is 5.01. The Labute approximate surface area is 81.3 Å². The van der Waals surface area contributed by atoms with Crippen LogP contribution in [0.15, 0.2) is 0 Å². The van der Waals surface area contributed by atoms with Crippen molar-refractivity contribution in [2.24, 2.45) is 5.92 Å². The number of nitrogens with zero attached hydrogens (tertiary/aromatic N) is 1. The van der Waals surface area contributed by atoms with Crippen molar-refractivity contribution in [2.45, 2.75) is 51.3 Å². The summed E-state index contributed by atoms with van der Waals surface area (Å²) in [6, 6.07) is 0.787. The first kappa shape index (κ1) is 9.47. The van der Waals surface area contributed by atoms with Crippen LogP contribution in [0.5, 0.6) is 0 Å².